The Labute approximate surface area is 162 Å². The van der Waals surface area contributed by atoms with Gasteiger partial charge in [0.05, 0.1) is 5.92 Å². The van der Waals surface area contributed by atoms with Gasteiger partial charge in [0, 0.05) is 50.5 Å². The maximum Gasteiger partial charge on any atom is 0.228 e. The molecule has 1 aromatic rings. The molecule has 2 amide bonds. The lowest BCUT2D eigenvalue weighted by Crippen LogP contribution is -2.38. The van der Waals surface area contributed by atoms with Crippen LogP contribution in [0.4, 0.5) is 11.4 Å². The minimum absolute atomic E-state index is 0.0777. The number of carbonyl (C=O) groups is 2. The highest BCUT2D eigenvalue weighted by Gasteiger charge is 2.37. The van der Waals surface area contributed by atoms with Crippen molar-refractivity contribution >= 4 is 23.2 Å². The van der Waals surface area contributed by atoms with Gasteiger partial charge in [-0.15, -0.1) is 0 Å². The summed E-state index contributed by atoms with van der Waals surface area (Å²) in [6.07, 6.45) is 8.79. The standard InChI is InChI=1S/C22H31N3O2/c26-21-16-18(22(27)24-14-4-1-2-5-15-24)17-25(21)20-10-8-19(9-11-20)23-12-6-3-7-13-23/h8-11,18H,1-7,12-17H2. The normalized spacial score (nSPS) is 24.2. The van der Waals surface area contributed by atoms with Gasteiger partial charge in [-0.2, -0.15) is 0 Å². The highest BCUT2D eigenvalue weighted by molar-refractivity contribution is 6.00. The van der Waals surface area contributed by atoms with Crippen molar-refractivity contribution in [2.75, 3.05) is 42.5 Å². The molecule has 27 heavy (non-hydrogen) atoms. The fraction of sp³-hybridized carbons (Fsp3) is 0.636. The molecular formula is C22H31N3O2. The van der Waals surface area contributed by atoms with Crippen molar-refractivity contribution in [2.24, 2.45) is 5.92 Å². The average molecular weight is 370 g/mol. The van der Waals surface area contributed by atoms with Crippen LogP contribution < -0.4 is 9.80 Å². The van der Waals surface area contributed by atoms with Gasteiger partial charge in [-0.05, 0) is 56.4 Å². The third kappa shape index (κ3) is 4.12. The third-order valence-electron chi connectivity index (χ3n) is 6.27. The fourth-order valence-electron chi connectivity index (χ4n) is 4.67. The lowest BCUT2D eigenvalue weighted by Gasteiger charge is -2.29. The quantitative estimate of drug-likeness (QED) is 0.820. The molecule has 0 saturated carbocycles. The predicted octanol–water partition coefficient (Wildman–Crippen LogP) is 3.43. The van der Waals surface area contributed by atoms with E-state index in [1.165, 1.54) is 37.8 Å². The maximum absolute atomic E-state index is 12.9. The number of likely N-dealkylation sites (tertiary alicyclic amines) is 1. The SMILES string of the molecule is O=C(C1CC(=O)N(c2ccc(N3CCCCC3)cc2)C1)N1CCCCCC1. The van der Waals surface area contributed by atoms with E-state index in [1.54, 1.807) is 4.90 Å². The van der Waals surface area contributed by atoms with E-state index in [9.17, 15) is 9.59 Å². The van der Waals surface area contributed by atoms with Crippen LogP contribution in [-0.4, -0.2) is 49.4 Å². The van der Waals surface area contributed by atoms with E-state index >= 15 is 0 Å². The summed E-state index contributed by atoms with van der Waals surface area (Å²) < 4.78 is 0. The molecule has 1 atom stereocenters. The second-order valence-corrected chi connectivity index (χ2v) is 8.21. The van der Waals surface area contributed by atoms with E-state index in [-0.39, 0.29) is 17.7 Å². The van der Waals surface area contributed by atoms with E-state index in [1.807, 2.05) is 17.0 Å². The molecule has 4 rings (SSSR count). The summed E-state index contributed by atoms with van der Waals surface area (Å²) in [6, 6.07) is 8.33. The minimum atomic E-state index is -0.183. The van der Waals surface area contributed by atoms with Crippen molar-refractivity contribution in [1.29, 1.82) is 0 Å². The van der Waals surface area contributed by atoms with E-state index in [0.29, 0.717) is 13.0 Å². The molecule has 0 aromatic heterocycles. The zero-order valence-corrected chi connectivity index (χ0v) is 16.2. The summed E-state index contributed by atoms with van der Waals surface area (Å²) in [4.78, 5) is 31.7. The summed E-state index contributed by atoms with van der Waals surface area (Å²) in [5.74, 6) is 0.0731. The van der Waals surface area contributed by atoms with Crippen LogP contribution in [0.25, 0.3) is 0 Å². The molecule has 3 fully saturated rings. The summed E-state index contributed by atoms with van der Waals surface area (Å²) in [7, 11) is 0. The van der Waals surface area contributed by atoms with Crippen LogP contribution >= 0.6 is 0 Å². The number of hydrogen-bond donors (Lipinski definition) is 0. The number of piperidine rings is 1. The number of rotatable bonds is 3. The number of amides is 2. The summed E-state index contributed by atoms with van der Waals surface area (Å²) >= 11 is 0. The zero-order chi connectivity index (χ0) is 18.6. The van der Waals surface area contributed by atoms with Crippen LogP contribution in [-0.2, 0) is 9.59 Å². The molecule has 0 N–H and O–H groups in total. The van der Waals surface area contributed by atoms with Gasteiger partial charge in [-0.3, -0.25) is 9.59 Å². The lowest BCUT2D eigenvalue weighted by atomic mass is 10.1. The van der Waals surface area contributed by atoms with E-state index in [4.69, 9.17) is 0 Å². The molecule has 0 spiro atoms. The van der Waals surface area contributed by atoms with Crippen LogP contribution in [0.3, 0.4) is 0 Å². The average Bonchev–Trinajstić information content (AvgIpc) is 2.92. The first kappa shape index (κ1) is 18.3. The van der Waals surface area contributed by atoms with E-state index in [0.717, 1.165) is 44.7 Å². The summed E-state index contributed by atoms with van der Waals surface area (Å²) in [5, 5.41) is 0. The molecule has 0 aliphatic carbocycles. The van der Waals surface area contributed by atoms with Gasteiger partial charge in [0.15, 0.2) is 0 Å². The van der Waals surface area contributed by atoms with Crippen molar-refractivity contribution in [3.05, 3.63) is 24.3 Å². The van der Waals surface area contributed by atoms with Crippen molar-refractivity contribution in [3.8, 4) is 0 Å². The number of nitrogens with zero attached hydrogens (tertiary/aromatic N) is 3. The topological polar surface area (TPSA) is 43.9 Å². The van der Waals surface area contributed by atoms with Gasteiger partial charge < -0.3 is 14.7 Å². The van der Waals surface area contributed by atoms with Crippen LogP contribution in [0, 0.1) is 5.92 Å². The minimum Gasteiger partial charge on any atom is -0.372 e. The first-order valence-corrected chi connectivity index (χ1v) is 10.7. The fourth-order valence-corrected chi connectivity index (χ4v) is 4.67. The molecular weight excluding hydrogens is 338 g/mol. The molecule has 3 heterocycles. The molecule has 1 unspecified atom stereocenters. The molecule has 3 aliphatic heterocycles. The van der Waals surface area contributed by atoms with Gasteiger partial charge in [0.2, 0.25) is 11.8 Å². The van der Waals surface area contributed by atoms with Gasteiger partial charge >= 0.3 is 0 Å². The van der Waals surface area contributed by atoms with Crippen molar-refractivity contribution in [1.82, 2.24) is 4.90 Å². The smallest absolute Gasteiger partial charge is 0.228 e. The monoisotopic (exact) mass is 369 g/mol. The molecule has 0 bridgehead atoms. The highest BCUT2D eigenvalue weighted by Crippen LogP contribution is 2.29. The van der Waals surface area contributed by atoms with Gasteiger partial charge in [-0.25, -0.2) is 0 Å². The van der Waals surface area contributed by atoms with Crippen LogP contribution in [0.2, 0.25) is 0 Å². The molecule has 1 aromatic carbocycles. The highest BCUT2D eigenvalue weighted by atomic mass is 16.2. The Hall–Kier alpha value is -2.04. The second-order valence-electron chi connectivity index (χ2n) is 8.21. The molecule has 0 radical (unpaired) electrons. The Bertz CT molecular complexity index is 659. The Balaban J connectivity index is 1.40. The first-order chi connectivity index (χ1) is 13.2. The number of anilines is 2. The summed E-state index contributed by atoms with van der Waals surface area (Å²) in [5.41, 5.74) is 2.16. The largest absolute Gasteiger partial charge is 0.372 e. The zero-order valence-electron chi connectivity index (χ0n) is 16.2. The van der Waals surface area contributed by atoms with Crippen LogP contribution in [0.5, 0.6) is 0 Å². The van der Waals surface area contributed by atoms with Crippen molar-refractivity contribution in [3.63, 3.8) is 0 Å². The van der Waals surface area contributed by atoms with Gasteiger partial charge in [0.1, 0.15) is 0 Å². The molecule has 5 nitrogen and oxygen atoms in total. The van der Waals surface area contributed by atoms with Crippen LogP contribution in [0.15, 0.2) is 24.3 Å². The Morgan fingerprint density at radius 3 is 2.00 bits per heavy atom. The third-order valence-corrected chi connectivity index (χ3v) is 6.27. The lowest BCUT2D eigenvalue weighted by molar-refractivity contribution is -0.135. The molecule has 3 saturated heterocycles. The van der Waals surface area contributed by atoms with Crippen molar-refractivity contribution < 1.29 is 9.59 Å². The molecule has 3 aliphatic rings. The van der Waals surface area contributed by atoms with Gasteiger partial charge in [0.25, 0.3) is 0 Å². The first-order valence-electron chi connectivity index (χ1n) is 10.7. The Kier molecular flexibility index (Phi) is 5.65. The number of carbonyl (C=O) groups excluding carboxylic acids is 2. The van der Waals surface area contributed by atoms with Gasteiger partial charge in [-0.1, -0.05) is 12.8 Å². The van der Waals surface area contributed by atoms with E-state index < -0.39 is 0 Å². The van der Waals surface area contributed by atoms with Crippen LogP contribution in [0.1, 0.15) is 51.4 Å². The maximum atomic E-state index is 12.9. The Morgan fingerprint density at radius 1 is 0.778 bits per heavy atom. The molecule has 5 heteroatoms. The number of hydrogen-bond acceptors (Lipinski definition) is 3. The second kappa shape index (κ2) is 8.32. The number of benzene rings is 1. The Morgan fingerprint density at radius 2 is 1.33 bits per heavy atom. The predicted molar refractivity (Wildman–Crippen MR) is 108 cm³/mol. The molecule has 146 valence electrons. The summed E-state index contributed by atoms with van der Waals surface area (Å²) in [6.45, 7) is 4.47. The van der Waals surface area contributed by atoms with E-state index in [2.05, 4.69) is 17.0 Å². The van der Waals surface area contributed by atoms with Crippen molar-refractivity contribution in [2.45, 2.75) is 51.4 Å².